The lowest BCUT2D eigenvalue weighted by molar-refractivity contribution is -0.155. The number of amides is 1. The van der Waals surface area contributed by atoms with Crippen LogP contribution in [0.4, 0.5) is 0 Å². The molecule has 0 spiro atoms. The van der Waals surface area contributed by atoms with E-state index in [-0.39, 0.29) is 23.8 Å². The van der Waals surface area contributed by atoms with Crippen LogP contribution in [0.2, 0.25) is 0 Å². The molecule has 1 saturated carbocycles. The van der Waals surface area contributed by atoms with E-state index in [9.17, 15) is 19.5 Å². The molecule has 0 atom stereocenters. The third-order valence-corrected chi connectivity index (χ3v) is 4.28. The van der Waals surface area contributed by atoms with Crippen LogP contribution in [-0.2, 0) is 23.9 Å². The maximum atomic E-state index is 12.1. The molecule has 26 heavy (non-hydrogen) atoms. The van der Waals surface area contributed by atoms with Crippen LogP contribution in [-0.4, -0.2) is 40.0 Å². The molecular formula is C19H29NO6. The average Bonchev–Trinajstić information content (AvgIpc) is 2.53. The van der Waals surface area contributed by atoms with Crippen LogP contribution in [0.25, 0.3) is 0 Å². The summed E-state index contributed by atoms with van der Waals surface area (Å²) in [7, 11) is 0. The van der Waals surface area contributed by atoms with E-state index in [1.54, 1.807) is 0 Å². The Morgan fingerprint density at radius 2 is 1.65 bits per heavy atom. The average molecular weight is 367 g/mol. The van der Waals surface area contributed by atoms with Crippen LogP contribution in [0.15, 0.2) is 25.2 Å². The molecule has 0 heterocycles. The first-order valence-corrected chi connectivity index (χ1v) is 8.66. The highest BCUT2D eigenvalue weighted by atomic mass is 16.7. The van der Waals surface area contributed by atoms with Gasteiger partial charge in [0.15, 0.2) is 5.78 Å². The fourth-order valence-electron chi connectivity index (χ4n) is 2.79. The van der Waals surface area contributed by atoms with Crippen molar-refractivity contribution < 1.29 is 29.0 Å². The number of carbonyl (C=O) groups excluding carboxylic acids is 3. The topological polar surface area (TPSA) is 102 Å². The number of esters is 1. The Balaban J connectivity index is 2.48. The van der Waals surface area contributed by atoms with Gasteiger partial charge in [-0.15, -0.1) is 0 Å². The Hall–Kier alpha value is -2.15. The molecule has 146 valence electrons. The maximum absolute atomic E-state index is 12.1. The normalized spacial score (nSPS) is 20.7. The first-order valence-electron chi connectivity index (χ1n) is 8.66. The largest absolute Gasteiger partial charge is 0.462 e. The van der Waals surface area contributed by atoms with E-state index >= 15 is 0 Å². The zero-order valence-corrected chi connectivity index (χ0v) is 16.0. The summed E-state index contributed by atoms with van der Waals surface area (Å²) in [5.41, 5.74) is -2.59. The van der Waals surface area contributed by atoms with Gasteiger partial charge in [0.25, 0.3) is 5.95 Å². The molecule has 0 saturated heterocycles. The molecule has 0 aliphatic heterocycles. The summed E-state index contributed by atoms with van der Waals surface area (Å²) in [6, 6.07) is 0. The lowest BCUT2D eigenvalue weighted by Crippen LogP contribution is -2.50. The molecule has 1 amide bonds. The minimum Gasteiger partial charge on any atom is -0.462 e. The van der Waals surface area contributed by atoms with E-state index in [0.717, 1.165) is 6.08 Å². The van der Waals surface area contributed by atoms with Gasteiger partial charge in [-0.25, -0.2) is 4.79 Å². The second-order valence-corrected chi connectivity index (χ2v) is 7.59. The summed E-state index contributed by atoms with van der Waals surface area (Å²) >= 11 is 0. The van der Waals surface area contributed by atoms with E-state index < -0.39 is 23.0 Å². The number of Topliss-reactive ketones (excluding diaryl/α,β-unsaturated/α-hetero) is 1. The van der Waals surface area contributed by atoms with Crippen molar-refractivity contribution in [1.29, 1.82) is 0 Å². The molecular weight excluding hydrogens is 338 g/mol. The monoisotopic (exact) mass is 367 g/mol. The van der Waals surface area contributed by atoms with Gasteiger partial charge in [-0.05, 0) is 66.0 Å². The zero-order valence-electron chi connectivity index (χ0n) is 16.0. The Kier molecular flexibility index (Phi) is 7.15. The maximum Gasteiger partial charge on any atom is 0.339 e. The van der Waals surface area contributed by atoms with Gasteiger partial charge in [-0.2, -0.15) is 0 Å². The third kappa shape index (κ3) is 6.29. The SMILES string of the molecule is C=CC(=O)NC(C)(C)C(=O)OC(=C)OC1CCC(C(=O)C(C)(C)O)CC1. The molecule has 7 nitrogen and oxygen atoms in total. The quantitative estimate of drug-likeness (QED) is 0.386. The minimum atomic E-state index is -1.33. The molecule has 0 bridgehead atoms. The molecule has 0 aromatic carbocycles. The Labute approximate surface area is 154 Å². The molecule has 0 aromatic heterocycles. The number of rotatable bonds is 8. The van der Waals surface area contributed by atoms with E-state index in [4.69, 9.17) is 9.47 Å². The van der Waals surface area contributed by atoms with Crippen LogP contribution < -0.4 is 5.32 Å². The summed E-state index contributed by atoms with van der Waals surface area (Å²) in [4.78, 5) is 35.6. The lowest BCUT2D eigenvalue weighted by Gasteiger charge is -2.31. The van der Waals surface area contributed by atoms with Crippen LogP contribution in [0.5, 0.6) is 0 Å². The first kappa shape index (κ1) is 21.9. The third-order valence-electron chi connectivity index (χ3n) is 4.28. The number of ketones is 1. The van der Waals surface area contributed by atoms with Crippen molar-refractivity contribution in [3.63, 3.8) is 0 Å². The van der Waals surface area contributed by atoms with Crippen molar-refractivity contribution >= 4 is 17.7 Å². The highest BCUT2D eigenvalue weighted by Gasteiger charge is 2.36. The van der Waals surface area contributed by atoms with Gasteiger partial charge in [0, 0.05) is 5.92 Å². The molecule has 2 N–H and O–H groups in total. The predicted octanol–water partition coefficient (Wildman–Crippen LogP) is 2.00. The van der Waals surface area contributed by atoms with E-state index in [1.807, 2.05) is 0 Å². The van der Waals surface area contributed by atoms with Gasteiger partial charge in [-0.1, -0.05) is 6.58 Å². The summed E-state index contributed by atoms with van der Waals surface area (Å²) in [6.07, 6.45) is 3.23. The molecule has 1 fully saturated rings. The van der Waals surface area contributed by atoms with Gasteiger partial charge in [0.05, 0.1) is 0 Å². The second-order valence-electron chi connectivity index (χ2n) is 7.59. The van der Waals surface area contributed by atoms with Crippen LogP contribution >= 0.6 is 0 Å². The number of hydrogen-bond donors (Lipinski definition) is 2. The van der Waals surface area contributed by atoms with Crippen molar-refractivity contribution in [3.8, 4) is 0 Å². The van der Waals surface area contributed by atoms with Crippen LogP contribution in [0, 0.1) is 5.92 Å². The number of hydrogen-bond acceptors (Lipinski definition) is 6. The summed E-state index contributed by atoms with van der Waals surface area (Å²) in [6.45, 7) is 12.9. The van der Waals surface area contributed by atoms with Crippen molar-refractivity contribution in [2.24, 2.45) is 5.92 Å². The Morgan fingerprint density at radius 1 is 1.12 bits per heavy atom. The van der Waals surface area contributed by atoms with E-state index in [1.165, 1.54) is 27.7 Å². The van der Waals surface area contributed by atoms with Gasteiger partial charge in [0.1, 0.15) is 17.2 Å². The van der Waals surface area contributed by atoms with Crippen molar-refractivity contribution in [2.75, 3.05) is 0 Å². The fourth-order valence-corrected chi connectivity index (χ4v) is 2.79. The number of carbonyl (C=O) groups is 3. The highest BCUT2D eigenvalue weighted by Crippen LogP contribution is 2.30. The van der Waals surface area contributed by atoms with Gasteiger partial charge in [0.2, 0.25) is 5.91 Å². The van der Waals surface area contributed by atoms with Gasteiger partial charge < -0.3 is 19.9 Å². The predicted molar refractivity (Wildman–Crippen MR) is 95.8 cm³/mol. The molecule has 7 heteroatoms. The van der Waals surface area contributed by atoms with Crippen LogP contribution in [0.1, 0.15) is 53.4 Å². The first-order chi connectivity index (χ1) is 11.9. The number of nitrogens with one attached hydrogen (secondary N) is 1. The smallest absolute Gasteiger partial charge is 0.339 e. The van der Waals surface area contributed by atoms with E-state index in [2.05, 4.69) is 18.5 Å². The molecule has 0 aromatic rings. The fraction of sp³-hybridized carbons (Fsp3) is 0.632. The summed E-state index contributed by atoms with van der Waals surface area (Å²) < 4.78 is 10.6. The number of aliphatic hydroxyl groups is 1. The van der Waals surface area contributed by atoms with Crippen molar-refractivity contribution in [1.82, 2.24) is 5.32 Å². The molecule has 0 unspecified atom stereocenters. The van der Waals surface area contributed by atoms with Crippen molar-refractivity contribution in [3.05, 3.63) is 25.2 Å². The molecule has 0 radical (unpaired) electrons. The highest BCUT2D eigenvalue weighted by molar-refractivity contribution is 5.93. The molecule has 1 rings (SSSR count). The lowest BCUT2D eigenvalue weighted by atomic mass is 9.80. The van der Waals surface area contributed by atoms with Gasteiger partial charge >= 0.3 is 5.97 Å². The van der Waals surface area contributed by atoms with E-state index in [0.29, 0.717) is 25.7 Å². The molecule has 1 aliphatic rings. The molecule has 1 aliphatic carbocycles. The standard InChI is InChI=1S/C19H29NO6/c1-7-15(21)20-18(3,4)17(23)26-12(2)25-14-10-8-13(9-11-14)16(22)19(5,6)24/h7,13-14,24H,1-2,8-11H2,3-6H3,(H,20,21). The summed E-state index contributed by atoms with van der Waals surface area (Å²) in [5.74, 6) is -1.70. The van der Waals surface area contributed by atoms with Gasteiger partial charge in [-0.3, -0.25) is 9.59 Å². The van der Waals surface area contributed by atoms with Crippen LogP contribution in [0.3, 0.4) is 0 Å². The van der Waals surface area contributed by atoms with Crippen molar-refractivity contribution in [2.45, 2.75) is 70.6 Å². The zero-order chi connectivity index (χ0) is 20.1. The Bertz CT molecular complexity index is 579. The number of ether oxygens (including phenoxy) is 2. The second kappa shape index (κ2) is 8.49. The Morgan fingerprint density at radius 3 is 2.12 bits per heavy atom. The minimum absolute atomic E-state index is 0.145. The summed E-state index contributed by atoms with van der Waals surface area (Å²) in [5, 5.41) is 12.3.